The summed E-state index contributed by atoms with van der Waals surface area (Å²) in [6, 6.07) is 6.60. The van der Waals surface area contributed by atoms with Crippen molar-refractivity contribution in [2.45, 2.75) is 13.3 Å². The second kappa shape index (κ2) is 5.90. The van der Waals surface area contributed by atoms with Gasteiger partial charge in [-0.1, -0.05) is 19.1 Å². The number of amides is 1. The van der Waals surface area contributed by atoms with Crippen molar-refractivity contribution >= 4 is 11.9 Å². The molecule has 1 aromatic carbocycles. The topological polar surface area (TPSA) is 55.4 Å². The Bertz CT molecular complexity index is 388. The van der Waals surface area contributed by atoms with E-state index in [1.807, 2.05) is 6.92 Å². The van der Waals surface area contributed by atoms with Gasteiger partial charge in [-0.2, -0.15) is 0 Å². The van der Waals surface area contributed by atoms with E-state index in [1.54, 1.807) is 24.3 Å². The van der Waals surface area contributed by atoms with E-state index in [0.29, 0.717) is 17.7 Å². The molecule has 0 aromatic heterocycles. The fourth-order valence-corrected chi connectivity index (χ4v) is 1.30. The van der Waals surface area contributed by atoms with Gasteiger partial charge in [0.15, 0.2) is 0 Å². The predicted molar refractivity (Wildman–Crippen MR) is 60.4 cm³/mol. The summed E-state index contributed by atoms with van der Waals surface area (Å²) in [5.41, 5.74) is 0.640. The molecule has 0 aliphatic heterocycles. The highest BCUT2D eigenvalue weighted by atomic mass is 16.5. The summed E-state index contributed by atoms with van der Waals surface area (Å²) >= 11 is 0. The van der Waals surface area contributed by atoms with E-state index >= 15 is 0 Å². The number of ether oxygens (including phenoxy) is 1. The monoisotopic (exact) mass is 221 g/mol. The number of benzene rings is 1. The maximum Gasteiger partial charge on any atom is 0.338 e. The van der Waals surface area contributed by atoms with Crippen LogP contribution in [0.2, 0.25) is 0 Å². The number of carbonyl (C=O) groups is 2. The molecule has 86 valence electrons. The smallest absolute Gasteiger partial charge is 0.338 e. The van der Waals surface area contributed by atoms with E-state index in [2.05, 4.69) is 10.1 Å². The van der Waals surface area contributed by atoms with Crippen molar-refractivity contribution in [3.05, 3.63) is 35.4 Å². The van der Waals surface area contributed by atoms with Gasteiger partial charge in [0.25, 0.3) is 5.91 Å². The molecular formula is C12H15NO3. The lowest BCUT2D eigenvalue weighted by Gasteiger charge is -2.07. The average molecular weight is 221 g/mol. The highest BCUT2D eigenvalue weighted by Gasteiger charge is 2.15. The minimum atomic E-state index is -0.498. The summed E-state index contributed by atoms with van der Waals surface area (Å²) in [5, 5.41) is 2.72. The Morgan fingerprint density at radius 2 is 1.88 bits per heavy atom. The van der Waals surface area contributed by atoms with Crippen LogP contribution in [0.15, 0.2) is 24.3 Å². The van der Waals surface area contributed by atoms with Crippen LogP contribution in [-0.2, 0) is 4.74 Å². The van der Waals surface area contributed by atoms with Crippen molar-refractivity contribution in [1.82, 2.24) is 5.32 Å². The molecule has 0 heterocycles. The molecule has 1 aromatic rings. The van der Waals surface area contributed by atoms with Gasteiger partial charge in [-0.05, 0) is 18.6 Å². The Morgan fingerprint density at radius 3 is 2.44 bits per heavy atom. The van der Waals surface area contributed by atoms with Crippen LogP contribution in [0, 0.1) is 0 Å². The minimum Gasteiger partial charge on any atom is -0.465 e. The fourth-order valence-electron chi connectivity index (χ4n) is 1.30. The molecule has 0 aliphatic carbocycles. The van der Waals surface area contributed by atoms with Crippen LogP contribution in [-0.4, -0.2) is 25.5 Å². The van der Waals surface area contributed by atoms with Gasteiger partial charge in [-0.15, -0.1) is 0 Å². The zero-order valence-electron chi connectivity index (χ0n) is 9.45. The molecule has 1 rings (SSSR count). The average Bonchev–Trinajstić information content (AvgIpc) is 2.35. The maximum atomic E-state index is 11.7. The number of hydrogen-bond acceptors (Lipinski definition) is 3. The fraction of sp³-hybridized carbons (Fsp3) is 0.333. The standard InChI is InChI=1S/C12H15NO3/c1-3-8-13-11(14)9-6-4-5-7-10(9)12(15)16-2/h4-7H,3,8H2,1-2H3,(H,13,14). The lowest BCUT2D eigenvalue weighted by Crippen LogP contribution is -2.26. The van der Waals surface area contributed by atoms with Gasteiger partial charge in [-0.25, -0.2) is 4.79 Å². The number of methoxy groups -OCH3 is 1. The van der Waals surface area contributed by atoms with Crippen molar-refractivity contribution in [1.29, 1.82) is 0 Å². The first-order valence-corrected chi connectivity index (χ1v) is 5.16. The quantitative estimate of drug-likeness (QED) is 0.786. The molecule has 0 spiro atoms. The van der Waals surface area contributed by atoms with Gasteiger partial charge in [0.05, 0.1) is 18.2 Å². The van der Waals surface area contributed by atoms with Crippen molar-refractivity contribution in [2.24, 2.45) is 0 Å². The van der Waals surface area contributed by atoms with E-state index in [4.69, 9.17) is 0 Å². The summed E-state index contributed by atoms with van der Waals surface area (Å²) in [6.07, 6.45) is 0.853. The summed E-state index contributed by atoms with van der Waals surface area (Å²) in [4.78, 5) is 23.1. The molecule has 0 bridgehead atoms. The highest BCUT2D eigenvalue weighted by Crippen LogP contribution is 2.09. The third-order valence-corrected chi connectivity index (χ3v) is 2.11. The van der Waals surface area contributed by atoms with Crippen LogP contribution in [0.4, 0.5) is 0 Å². The van der Waals surface area contributed by atoms with E-state index in [-0.39, 0.29) is 5.91 Å². The van der Waals surface area contributed by atoms with E-state index in [9.17, 15) is 9.59 Å². The Labute approximate surface area is 94.6 Å². The summed E-state index contributed by atoms with van der Waals surface area (Å²) in [7, 11) is 1.29. The number of nitrogens with one attached hydrogen (secondary N) is 1. The van der Waals surface area contributed by atoms with Crippen LogP contribution in [0.3, 0.4) is 0 Å². The van der Waals surface area contributed by atoms with Gasteiger partial charge in [0, 0.05) is 6.54 Å². The number of rotatable bonds is 4. The summed E-state index contributed by atoms with van der Waals surface area (Å²) in [5.74, 6) is -0.745. The van der Waals surface area contributed by atoms with Crippen LogP contribution in [0.1, 0.15) is 34.1 Å². The Kier molecular flexibility index (Phi) is 4.51. The zero-order valence-corrected chi connectivity index (χ0v) is 9.45. The molecule has 16 heavy (non-hydrogen) atoms. The van der Waals surface area contributed by atoms with E-state index < -0.39 is 5.97 Å². The Balaban J connectivity index is 2.94. The molecule has 0 atom stereocenters. The van der Waals surface area contributed by atoms with Crippen molar-refractivity contribution in [3.63, 3.8) is 0 Å². The molecule has 0 radical (unpaired) electrons. The summed E-state index contributed by atoms with van der Waals surface area (Å²) < 4.78 is 4.61. The second-order valence-electron chi connectivity index (χ2n) is 3.29. The van der Waals surface area contributed by atoms with E-state index in [0.717, 1.165) is 6.42 Å². The van der Waals surface area contributed by atoms with Crippen LogP contribution in [0.25, 0.3) is 0 Å². The summed E-state index contributed by atoms with van der Waals surface area (Å²) in [6.45, 7) is 2.56. The largest absolute Gasteiger partial charge is 0.465 e. The van der Waals surface area contributed by atoms with Gasteiger partial charge in [0.2, 0.25) is 0 Å². The SMILES string of the molecule is CCCNC(=O)c1ccccc1C(=O)OC. The molecule has 1 N–H and O–H groups in total. The maximum absolute atomic E-state index is 11.7. The molecule has 0 saturated carbocycles. The molecule has 0 unspecified atom stereocenters. The third kappa shape index (κ3) is 2.82. The third-order valence-electron chi connectivity index (χ3n) is 2.11. The second-order valence-corrected chi connectivity index (χ2v) is 3.29. The molecule has 0 fully saturated rings. The van der Waals surface area contributed by atoms with Gasteiger partial charge >= 0.3 is 5.97 Å². The lowest BCUT2D eigenvalue weighted by molar-refractivity contribution is 0.0596. The van der Waals surface area contributed by atoms with Gasteiger partial charge in [-0.3, -0.25) is 4.79 Å². The van der Waals surface area contributed by atoms with Crippen LogP contribution < -0.4 is 5.32 Å². The van der Waals surface area contributed by atoms with Crippen LogP contribution in [0.5, 0.6) is 0 Å². The molecular weight excluding hydrogens is 206 g/mol. The molecule has 0 saturated heterocycles. The lowest BCUT2D eigenvalue weighted by atomic mass is 10.1. The Hall–Kier alpha value is -1.84. The van der Waals surface area contributed by atoms with Crippen LogP contribution >= 0.6 is 0 Å². The number of esters is 1. The van der Waals surface area contributed by atoms with Crippen molar-refractivity contribution in [2.75, 3.05) is 13.7 Å². The predicted octanol–water partition coefficient (Wildman–Crippen LogP) is 1.61. The molecule has 1 amide bonds. The van der Waals surface area contributed by atoms with Gasteiger partial charge in [0.1, 0.15) is 0 Å². The minimum absolute atomic E-state index is 0.247. The first kappa shape index (κ1) is 12.2. The molecule has 4 nitrogen and oxygen atoms in total. The molecule has 4 heteroatoms. The first-order chi connectivity index (χ1) is 7.70. The van der Waals surface area contributed by atoms with E-state index in [1.165, 1.54) is 7.11 Å². The highest BCUT2D eigenvalue weighted by molar-refractivity contribution is 6.05. The number of hydrogen-bond donors (Lipinski definition) is 1. The normalized spacial score (nSPS) is 9.62. The number of carbonyl (C=O) groups excluding carboxylic acids is 2. The zero-order chi connectivity index (χ0) is 12.0. The van der Waals surface area contributed by atoms with Crippen molar-refractivity contribution < 1.29 is 14.3 Å². The van der Waals surface area contributed by atoms with Gasteiger partial charge < -0.3 is 10.1 Å². The molecule has 0 aliphatic rings. The van der Waals surface area contributed by atoms with Crippen molar-refractivity contribution in [3.8, 4) is 0 Å². The Morgan fingerprint density at radius 1 is 1.25 bits per heavy atom. The first-order valence-electron chi connectivity index (χ1n) is 5.16.